The van der Waals surface area contributed by atoms with Crippen molar-refractivity contribution in [3.63, 3.8) is 0 Å². The average Bonchev–Trinajstić information content (AvgIpc) is 2.79. The summed E-state index contributed by atoms with van der Waals surface area (Å²) in [6.45, 7) is 6.84. The van der Waals surface area contributed by atoms with Crippen molar-refractivity contribution in [1.29, 1.82) is 0 Å². The molecule has 5 heteroatoms. The Labute approximate surface area is 194 Å². The summed E-state index contributed by atoms with van der Waals surface area (Å²) in [7, 11) is 2.17. The van der Waals surface area contributed by atoms with E-state index in [2.05, 4.69) is 54.2 Å². The van der Waals surface area contributed by atoms with Crippen LogP contribution in [0.1, 0.15) is 63.4 Å². The van der Waals surface area contributed by atoms with Crippen LogP contribution < -0.4 is 5.32 Å². The highest BCUT2D eigenvalue weighted by molar-refractivity contribution is 8.22. The third-order valence-corrected chi connectivity index (χ3v) is 7.47. The topological polar surface area (TPSA) is 24.5 Å². The molecule has 0 heterocycles. The summed E-state index contributed by atoms with van der Waals surface area (Å²) in [5.74, 6) is 0.952. The molecule has 0 unspecified atom stereocenters. The number of nitrogens with one attached hydrogen (secondary N) is 1. The molecule has 0 amide bonds. The quantitative estimate of drug-likeness (QED) is 0.208. The van der Waals surface area contributed by atoms with Gasteiger partial charge < -0.3 is 15.0 Å². The number of ether oxygens (including phenoxy) is 1. The number of hydrogen-bond donors (Lipinski definition) is 1. The largest absolute Gasteiger partial charge is 0.378 e. The summed E-state index contributed by atoms with van der Waals surface area (Å²) in [4.78, 5) is 2.32. The van der Waals surface area contributed by atoms with Crippen LogP contribution in [-0.2, 0) is 10.5 Å². The fourth-order valence-corrected chi connectivity index (χ4v) is 5.02. The zero-order valence-electron chi connectivity index (χ0n) is 18.7. The van der Waals surface area contributed by atoms with Gasteiger partial charge in [0, 0.05) is 25.4 Å². The monoisotopic (exact) mass is 448 g/mol. The third kappa shape index (κ3) is 10.4. The van der Waals surface area contributed by atoms with Crippen molar-refractivity contribution in [1.82, 2.24) is 10.2 Å². The molecule has 0 aliphatic heterocycles. The van der Waals surface area contributed by atoms with E-state index in [0.29, 0.717) is 12.1 Å². The first-order chi connectivity index (χ1) is 14.7. The van der Waals surface area contributed by atoms with E-state index in [1.807, 2.05) is 6.08 Å². The van der Waals surface area contributed by atoms with Crippen LogP contribution in [0.15, 0.2) is 43.0 Å². The van der Waals surface area contributed by atoms with Gasteiger partial charge in [0.15, 0.2) is 0 Å². The molecule has 1 fully saturated rings. The van der Waals surface area contributed by atoms with Gasteiger partial charge in [-0.15, -0.1) is 6.58 Å². The second-order valence-electron chi connectivity index (χ2n) is 8.19. The molecule has 1 N–H and O–H groups in total. The normalized spacial score (nSPS) is 18.8. The minimum absolute atomic E-state index is 0.445. The average molecular weight is 449 g/mol. The number of unbranched alkanes of at least 4 members (excludes halogenated alkanes) is 3. The van der Waals surface area contributed by atoms with Crippen molar-refractivity contribution in [2.75, 3.05) is 26.7 Å². The predicted octanol–water partition coefficient (Wildman–Crippen LogP) is 6.19. The van der Waals surface area contributed by atoms with Crippen molar-refractivity contribution < 1.29 is 4.74 Å². The molecule has 1 aromatic carbocycles. The van der Waals surface area contributed by atoms with Gasteiger partial charge in [0.05, 0.1) is 6.10 Å². The van der Waals surface area contributed by atoms with E-state index in [1.165, 1.54) is 44.1 Å². The number of benzene rings is 1. The van der Waals surface area contributed by atoms with Gasteiger partial charge in [-0.3, -0.25) is 0 Å². The third-order valence-electron chi connectivity index (χ3n) is 5.81. The Morgan fingerprint density at radius 2 is 1.87 bits per heavy atom. The molecule has 0 saturated heterocycles. The molecule has 1 aromatic rings. The summed E-state index contributed by atoms with van der Waals surface area (Å²) in [6.07, 6.45) is 13.2. The van der Waals surface area contributed by atoms with Crippen LogP contribution >= 0.6 is 24.0 Å². The molecule has 0 bridgehead atoms. The highest BCUT2D eigenvalue weighted by Crippen LogP contribution is 2.27. The van der Waals surface area contributed by atoms with Crippen molar-refractivity contribution >= 4 is 28.3 Å². The van der Waals surface area contributed by atoms with Gasteiger partial charge in [-0.1, -0.05) is 73.2 Å². The zero-order chi connectivity index (χ0) is 21.4. The van der Waals surface area contributed by atoms with Crippen molar-refractivity contribution in [3.8, 4) is 0 Å². The van der Waals surface area contributed by atoms with E-state index < -0.39 is 0 Å². The molecule has 1 saturated carbocycles. The molecule has 1 aliphatic rings. The molecule has 2 rings (SSSR count). The fraction of sp³-hybridized carbons (Fsp3) is 0.640. The first kappa shape index (κ1) is 25.4. The lowest BCUT2D eigenvalue weighted by atomic mass is 9.92. The minimum atomic E-state index is 0.445. The smallest absolute Gasteiger partial charge is 0.136 e. The maximum Gasteiger partial charge on any atom is 0.136 e. The first-order valence-electron chi connectivity index (χ1n) is 11.6. The van der Waals surface area contributed by atoms with Gasteiger partial charge >= 0.3 is 0 Å². The zero-order valence-corrected chi connectivity index (χ0v) is 20.3. The highest BCUT2D eigenvalue weighted by atomic mass is 32.2. The summed E-state index contributed by atoms with van der Waals surface area (Å²) in [5.41, 5.74) is 1.33. The Morgan fingerprint density at radius 1 is 1.13 bits per heavy atom. The Kier molecular flexibility index (Phi) is 13.4. The van der Waals surface area contributed by atoms with E-state index in [-0.39, 0.29) is 0 Å². The molecular weight excluding hydrogens is 408 g/mol. The summed E-state index contributed by atoms with van der Waals surface area (Å²) < 4.78 is 7.17. The lowest BCUT2D eigenvalue weighted by Gasteiger charge is -2.35. The fourth-order valence-electron chi connectivity index (χ4n) is 3.85. The standard InChI is InChI=1S/C25H40N2OS2/c1-3-4-18-26-19-10-5-6-11-20-28-24-16-14-23(15-17-24)27(2)25(29)30-21-22-12-8-7-9-13-22/h3,7-9,12-13,23-24,26H,1,4-6,10-11,14-21H2,2H3/t23-,24-. The predicted molar refractivity (Wildman–Crippen MR) is 136 cm³/mol. The SMILES string of the molecule is C=CCCNCCCCCCO[C@H]1CC[C@H](N(C)C(=S)SCc2ccccc2)CC1. The molecule has 0 aromatic heterocycles. The summed E-state index contributed by atoms with van der Waals surface area (Å²) in [6, 6.07) is 11.1. The minimum Gasteiger partial charge on any atom is -0.378 e. The van der Waals surface area contributed by atoms with Crippen LogP contribution in [0.2, 0.25) is 0 Å². The van der Waals surface area contributed by atoms with Gasteiger partial charge in [-0.25, -0.2) is 0 Å². The van der Waals surface area contributed by atoms with Crippen LogP contribution in [0.5, 0.6) is 0 Å². The molecule has 1 aliphatic carbocycles. The number of hydrogen-bond acceptors (Lipinski definition) is 4. The lowest BCUT2D eigenvalue weighted by molar-refractivity contribution is 0.0151. The molecule has 168 valence electrons. The van der Waals surface area contributed by atoms with E-state index in [4.69, 9.17) is 17.0 Å². The van der Waals surface area contributed by atoms with E-state index in [0.717, 1.165) is 49.0 Å². The first-order valence-corrected chi connectivity index (χ1v) is 13.0. The molecule has 0 radical (unpaired) electrons. The maximum atomic E-state index is 6.15. The number of thiocarbonyl (C=S) groups is 1. The van der Waals surface area contributed by atoms with Crippen molar-refractivity contribution in [3.05, 3.63) is 48.6 Å². The van der Waals surface area contributed by atoms with Gasteiger partial charge in [-0.05, 0) is 63.6 Å². The lowest BCUT2D eigenvalue weighted by Crippen LogP contribution is -2.39. The van der Waals surface area contributed by atoms with E-state index in [1.54, 1.807) is 11.8 Å². The Morgan fingerprint density at radius 3 is 2.60 bits per heavy atom. The van der Waals surface area contributed by atoms with E-state index >= 15 is 0 Å². The van der Waals surface area contributed by atoms with Crippen molar-refractivity contribution in [2.24, 2.45) is 0 Å². The molecule has 0 atom stereocenters. The second kappa shape index (κ2) is 15.9. The Hall–Kier alpha value is -0.880. The molecule has 0 spiro atoms. The number of rotatable bonds is 14. The Bertz CT molecular complexity index is 588. The number of nitrogens with zero attached hydrogens (tertiary/aromatic N) is 1. The van der Waals surface area contributed by atoms with Crippen molar-refractivity contribution in [2.45, 2.75) is 75.7 Å². The maximum absolute atomic E-state index is 6.15. The van der Waals surface area contributed by atoms with Crippen LogP contribution in [0.25, 0.3) is 0 Å². The molecular formula is C25H40N2OS2. The molecule has 3 nitrogen and oxygen atoms in total. The number of thioether (sulfide) groups is 1. The van der Waals surface area contributed by atoms with Crippen LogP contribution in [-0.4, -0.2) is 48.1 Å². The highest BCUT2D eigenvalue weighted by Gasteiger charge is 2.25. The van der Waals surface area contributed by atoms with Crippen LogP contribution in [0.4, 0.5) is 0 Å². The molecule has 30 heavy (non-hydrogen) atoms. The van der Waals surface area contributed by atoms with Gasteiger partial charge in [0.1, 0.15) is 4.32 Å². The summed E-state index contributed by atoms with van der Waals surface area (Å²) >= 11 is 7.46. The summed E-state index contributed by atoms with van der Waals surface area (Å²) in [5, 5.41) is 3.45. The van der Waals surface area contributed by atoms with Crippen LogP contribution in [0, 0.1) is 0 Å². The van der Waals surface area contributed by atoms with E-state index in [9.17, 15) is 0 Å². The van der Waals surface area contributed by atoms with Gasteiger partial charge in [0.2, 0.25) is 0 Å². The second-order valence-corrected chi connectivity index (χ2v) is 9.80. The Balaban J connectivity index is 1.49. The van der Waals surface area contributed by atoms with Crippen LogP contribution in [0.3, 0.4) is 0 Å². The van der Waals surface area contributed by atoms with Gasteiger partial charge in [-0.2, -0.15) is 0 Å². The van der Waals surface area contributed by atoms with Gasteiger partial charge in [0.25, 0.3) is 0 Å².